The van der Waals surface area contributed by atoms with Gasteiger partial charge in [0.1, 0.15) is 0 Å². The highest BCUT2D eigenvalue weighted by Crippen LogP contribution is 2.23. The van der Waals surface area contributed by atoms with Crippen LogP contribution in [0.1, 0.15) is 34.5 Å². The highest BCUT2D eigenvalue weighted by atomic mass is 16.1. The zero-order valence-corrected chi connectivity index (χ0v) is 17.8. The molecule has 0 fully saturated rings. The van der Waals surface area contributed by atoms with E-state index in [9.17, 15) is 9.59 Å². The first kappa shape index (κ1) is 19.8. The normalized spacial score (nSPS) is 12.2. The molecule has 1 unspecified atom stereocenters. The third-order valence-electron chi connectivity index (χ3n) is 5.73. The minimum absolute atomic E-state index is 0.129. The molecule has 158 valence electrons. The quantitative estimate of drug-likeness (QED) is 0.442. The van der Waals surface area contributed by atoms with Crippen LogP contribution in [0.5, 0.6) is 0 Å². The van der Waals surface area contributed by atoms with Crippen molar-refractivity contribution in [3.63, 3.8) is 0 Å². The topological polar surface area (TPSA) is 79.8 Å². The van der Waals surface area contributed by atoms with Gasteiger partial charge in [-0.15, -0.1) is 0 Å². The van der Waals surface area contributed by atoms with Crippen molar-refractivity contribution in [1.29, 1.82) is 0 Å². The summed E-state index contributed by atoms with van der Waals surface area (Å²) in [5.74, 6) is -0.180. The second-order valence-corrected chi connectivity index (χ2v) is 7.97. The summed E-state index contributed by atoms with van der Waals surface area (Å²) in [7, 11) is 0. The van der Waals surface area contributed by atoms with Gasteiger partial charge in [0.2, 0.25) is 0 Å². The highest BCUT2D eigenvalue weighted by Gasteiger charge is 2.15. The fourth-order valence-electron chi connectivity index (χ4n) is 3.88. The van der Waals surface area contributed by atoms with Crippen LogP contribution in [0, 0.1) is 6.92 Å². The molecule has 0 bridgehead atoms. The van der Waals surface area contributed by atoms with Gasteiger partial charge in [-0.1, -0.05) is 48.0 Å². The standard InChI is InChI=1S/C26H22N4O2/c1-16-8-11-20(12-9-16)30-26(32)22-15-27-23-13-10-19(14-21(23)24(22)29-30)25(31)28-17(2)18-6-4-3-5-7-18/h3-15,17,29H,1-2H3,(H,28,31). The summed E-state index contributed by atoms with van der Waals surface area (Å²) in [5, 5.41) is 7.45. The Morgan fingerprint density at radius 2 is 1.75 bits per heavy atom. The van der Waals surface area contributed by atoms with Gasteiger partial charge < -0.3 is 5.32 Å². The Labute approximate surface area is 184 Å². The molecule has 1 amide bonds. The van der Waals surface area contributed by atoms with E-state index in [2.05, 4.69) is 15.4 Å². The summed E-state index contributed by atoms with van der Waals surface area (Å²) in [6.45, 7) is 3.95. The average Bonchev–Trinajstić information content (AvgIpc) is 3.16. The molecule has 0 radical (unpaired) electrons. The molecule has 2 heterocycles. The van der Waals surface area contributed by atoms with E-state index < -0.39 is 0 Å². The van der Waals surface area contributed by atoms with Crippen molar-refractivity contribution in [2.75, 3.05) is 0 Å². The number of aromatic nitrogens is 3. The number of fused-ring (bicyclic) bond motifs is 3. The molecule has 32 heavy (non-hydrogen) atoms. The van der Waals surface area contributed by atoms with Gasteiger partial charge in [-0.05, 0) is 49.7 Å². The molecule has 5 aromatic rings. The molecule has 0 saturated carbocycles. The fraction of sp³-hybridized carbons (Fsp3) is 0.115. The molecule has 5 rings (SSSR count). The van der Waals surface area contributed by atoms with Crippen LogP contribution in [-0.2, 0) is 0 Å². The van der Waals surface area contributed by atoms with Gasteiger partial charge >= 0.3 is 0 Å². The first-order valence-electron chi connectivity index (χ1n) is 10.5. The Bertz CT molecular complexity index is 1500. The van der Waals surface area contributed by atoms with Gasteiger partial charge in [0.25, 0.3) is 11.5 Å². The molecule has 2 N–H and O–H groups in total. The molecule has 2 aromatic heterocycles. The van der Waals surface area contributed by atoms with Crippen LogP contribution >= 0.6 is 0 Å². The number of benzene rings is 3. The summed E-state index contributed by atoms with van der Waals surface area (Å²) in [6, 6.07) is 22.7. The van der Waals surface area contributed by atoms with E-state index in [4.69, 9.17) is 0 Å². The maximum Gasteiger partial charge on any atom is 0.280 e. The molecule has 0 saturated heterocycles. The van der Waals surface area contributed by atoms with Crippen molar-refractivity contribution in [3.8, 4) is 5.69 Å². The maximum absolute atomic E-state index is 13.0. The molecule has 1 atom stereocenters. The number of nitrogens with zero attached hydrogens (tertiary/aromatic N) is 2. The number of aryl methyl sites for hydroxylation is 1. The molecule has 6 heteroatoms. The second-order valence-electron chi connectivity index (χ2n) is 7.97. The Balaban J connectivity index is 1.56. The largest absolute Gasteiger partial charge is 0.346 e. The first-order chi connectivity index (χ1) is 15.5. The van der Waals surface area contributed by atoms with Crippen molar-refractivity contribution in [2.45, 2.75) is 19.9 Å². The van der Waals surface area contributed by atoms with Crippen molar-refractivity contribution in [2.24, 2.45) is 0 Å². The Morgan fingerprint density at radius 3 is 2.50 bits per heavy atom. The van der Waals surface area contributed by atoms with Crippen molar-refractivity contribution >= 4 is 27.7 Å². The van der Waals surface area contributed by atoms with Crippen LogP contribution < -0.4 is 10.9 Å². The average molecular weight is 422 g/mol. The summed E-state index contributed by atoms with van der Waals surface area (Å²) < 4.78 is 1.51. The number of H-pyrrole nitrogens is 1. The summed E-state index contributed by atoms with van der Waals surface area (Å²) >= 11 is 0. The van der Waals surface area contributed by atoms with Crippen LogP contribution in [0.2, 0.25) is 0 Å². The van der Waals surface area contributed by atoms with E-state index >= 15 is 0 Å². The lowest BCUT2D eigenvalue weighted by atomic mass is 10.1. The third kappa shape index (κ3) is 3.46. The number of rotatable bonds is 4. The number of carbonyl (C=O) groups is 1. The Morgan fingerprint density at radius 1 is 1.00 bits per heavy atom. The smallest absolute Gasteiger partial charge is 0.280 e. The SMILES string of the molecule is Cc1ccc(-n2[nH]c3c(cnc4ccc(C(=O)NC(C)c5ccccc5)cc43)c2=O)cc1. The van der Waals surface area contributed by atoms with Gasteiger partial charge in [-0.3, -0.25) is 19.7 Å². The molecule has 0 spiro atoms. The molecule has 6 nitrogen and oxygen atoms in total. The highest BCUT2D eigenvalue weighted by molar-refractivity contribution is 6.06. The van der Waals surface area contributed by atoms with E-state index in [0.29, 0.717) is 22.0 Å². The Hall–Kier alpha value is -4.19. The van der Waals surface area contributed by atoms with Crippen LogP contribution in [0.25, 0.3) is 27.5 Å². The zero-order chi connectivity index (χ0) is 22.2. The number of nitrogens with one attached hydrogen (secondary N) is 2. The summed E-state index contributed by atoms with van der Waals surface area (Å²) in [5.41, 5.74) is 4.60. The van der Waals surface area contributed by atoms with Gasteiger partial charge in [-0.25, -0.2) is 4.68 Å². The summed E-state index contributed by atoms with van der Waals surface area (Å²) in [6.07, 6.45) is 1.58. The lowest BCUT2D eigenvalue weighted by molar-refractivity contribution is 0.0940. The van der Waals surface area contributed by atoms with Crippen LogP contribution in [0.15, 0.2) is 83.8 Å². The lowest BCUT2D eigenvalue weighted by Gasteiger charge is -2.14. The van der Waals surface area contributed by atoms with Crippen LogP contribution in [0.3, 0.4) is 0 Å². The zero-order valence-electron chi connectivity index (χ0n) is 17.8. The van der Waals surface area contributed by atoms with Gasteiger partial charge in [0.05, 0.1) is 28.1 Å². The van der Waals surface area contributed by atoms with Gasteiger partial charge in [0, 0.05) is 17.1 Å². The van der Waals surface area contributed by atoms with Gasteiger partial charge in [-0.2, -0.15) is 0 Å². The third-order valence-corrected chi connectivity index (χ3v) is 5.73. The monoisotopic (exact) mass is 422 g/mol. The van der Waals surface area contributed by atoms with Gasteiger partial charge in [0.15, 0.2) is 0 Å². The molecule has 0 aliphatic heterocycles. The number of amides is 1. The Kier molecular flexibility index (Phi) is 4.82. The minimum Gasteiger partial charge on any atom is -0.346 e. The molecule has 3 aromatic carbocycles. The molecule has 0 aliphatic carbocycles. The second kappa shape index (κ2) is 7.81. The summed E-state index contributed by atoms with van der Waals surface area (Å²) in [4.78, 5) is 30.4. The van der Waals surface area contributed by atoms with Crippen LogP contribution in [-0.4, -0.2) is 20.7 Å². The number of pyridine rings is 1. The molecular formula is C26H22N4O2. The number of hydrogen-bond acceptors (Lipinski definition) is 3. The predicted molar refractivity (Wildman–Crippen MR) is 126 cm³/mol. The van der Waals surface area contributed by atoms with Crippen LogP contribution in [0.4, 0.5) is 0 Å². The first-order valence-corrected chi connectivity index (χ1v) is 10.5. The van der Waals surface area contributed by atoms with Crippen molar-refractivity contribution in [3.05, 3.63) is 106 Å². The number of aromatic amines is 1. The fourth-order valence-corrected chi connectivity index (χ4v) is 3.88. The van der Waals surface area contributed by atoms with Crippen molar-refractivity contribution in [1.82, 2.24) is 20.1 Å². The maximum atomic E-state index is 13.0. The lowest BCUT2D eigenvalue weighted by Crippen LogP contribution is -2.26. The van der Waals surface area contributed by atoms with E-state index in [-0.39, 0.29) is 17.5 Å². The predicted octanol–water partition coefficient (Wildman–Crippen LogP) is 4.67. The van der Waals surface area contributed by atoms with Crippen molar-refractivity contribution < 1.29 is 4.79 Å². The molecule has 0 aliphatic rings. The van der Waals surface area contributed by atoms with E-state index in [1.54, 1.807) is 24.4 Å². The van der Waals surface area contributed by atoms with E-state index in [1.807, 2.05) is 68.4 Å². The molecular weight excluding hydrogens is 400 g/mol. The number of hydrogen-bond donors (Lipinski definition) is 2. The number of carbonyl (C=O) groups excluding carboxylic acids is 1. The minimum atomic E-state index is -0.180. The van der Waals surface area contributed by atoms with E-state index in [1.165, 1.54) is 4.68 Å². The van der Waals surface area contributed by atoms with E-state index in [0.717, 1.165) is 22.2 Å².